The number of hydrogen-bond acceptors (Lipinski definition) is 5. The number of rotatable bonds is 3. The Labute approximate surface area is 145 Å². The summed E-state index contributed by atoms with van der Waals surface area (Å²) in [6, 6.07) is 10.8. The molecule has 0 atom stereocenters. The van der Waals surface area contributed by atoms with E-state index in [2.05, 4.69) is 15.3 Å². The summed E-state index contributed by atoms with van der Waals surface area (Å²) in [6.45, 7) is 0. The first-order valence-corrected chi connectivity index (χ1v) is 7.86. The fourth-order valence-corrected chi connectivity index (χ4v) is 2.85. The molecule has 2 aromatic heterocycles. The Bertz CT molecular complexity index is 949. The fraction of sp³-hybridized carbons (Fsp3) is 0. The van der Waals surface area contributed by atoms with E-state index in [0.29, 0.717) is 16.8 Å². The standard InChI is InChI=1S/C16H8ClFN4OS/c17-13-5-4-10(8-20-13)15(23)22-16-21-14(12(7-19)24-16)9-2-1-3-11(18)6-9/h1-6,8H,(H,21,22,23). The number of aromatic nitrogens is 2. The predicted octanol–water partition coefficient (Wildman–Crippen LogP) is 4.12. The number of hydrogen-bond donors (Lipinski definition) is 1. The number of carbonyl (C=O) groups is 1. The highest BCUT2D eigenvalue weighted by atomic mass is 35.5. The molecule has 0 saturated heterocycles. The molecule has 0 aliphatic carbocycles. The molecule has 0 saturated carbocycles. The maximum Gasteiger partial charge on any atom is 0.259 e. The van der Waals surface area contributed by atoms with Gasteiger partial charge < -0.3 is 0 Å². The highest BCUT2D eigenvalue weighted by molar-refractivity contribution is 7.16. The largest absolute Gasteiger partial charge is 0.298 e. The first-order chi connectivity index (χ1) is 11.6. The van der Waals surface area contributed by atoms with E-state index < -0.39 is 11.7 Å². The number of halogens is 2. The van der Waals surface area contributed by atoms with Crippen LogP contribution < -0.4 is 5.32 Å². The molecule has 8 heteroatoms. The van der Waals surface area contributed by atoms with E-state index in [1.807, 2.05) is 6.07 Å². The van der Waals surface area contributed by atoms with Crippen molar-refractivity contribution in [1.82, 2.24) is 9.97 Å². The van der Waals surface area contributed by atoms with Gasteiger partial charge in [-0.15, -0.1) is 0 Å². The molecule has 24 heavy (non-hydrogen) atoms. The van der Waals surface area contributed by atoms with Gasteiger partial charge >= 0.3 is 0 Å². The molecule has 118 valence electrons. The molecule has 1 amide bonds. The van der Waals surface area contributed by atoms with E-state index >= 15 is 0 Å². The van der Waals surface area contributed by atoms with Crippen LogP contribution in [0, 0.1) is 17.1 Å². The molecule has 0 bridgehead atoms. The number of nitrogens with one attached hydrogen (secondary N) is 1. The second-order valence-corrected chi connectivity index (χ2v) is 6.03. The maximum atomic E-state index is 13.4. The van der Waals surface area contributed by atoms with Crippen LogP contribution in [0.4, 0.5) is 9.52 Å². The van der Waals surface area contributed by atoms with Crippen molar-refractivity contribution in [2.24, 2.45) is 0 Å². The molecule has 0 radical (unpaired) electrons. The van der Waals surface area contributed by atoms with Crippen molar-refractivity contribution in [2.75, 3.05) is 5.32 Å². The summed E-state index contributed by atoms with van der Waals surface area (Å²) >= 11 is 6.69. The van der Waals surface area contributed by atoms with Gasteiger partial charge in [-0.25, -0.2) is 14.4 Å². The first-order valence-electron chi connectivity index (χ1n) is 6.66. The van der Waals surface area contributed by atoms with Crippen LogP contribution >= 0.6 is 22.9 Å². The Balaban J connectivity index is 1.89. The molecule has 5 nitrogen and oxygen atoms in total. The minimum atomic E-state index is -0.429. The Kier molecular flexibility index (Phi) is 4.51. The molecule has 0 spiro atoms. The van der Waals surface area contributed by atoms with E-state index in [1.54, 1.807) is 6.07 Å². The van der Waals surface area contributed by atoms with Gasteiger partial charge in [-0.1, -0.05) is 35.1 Å². The molecule has 0 unspecified atom stereocenters. The van der Waals surface area contributed by atoms with Gasteiger partial charge in [0.2, 0.25) is 0 Å². The van der Waals surface area contributed by atoms with Gasteiger partial charge in [0, 0.05) is 11.8 Å². The molecule has 2 heterocycles. The number of thiazole rings is 1. The molecule has 3 aromatic rings. The molecular formula is C16H8ClFN4OS. The Morgan fingerprint density at radius 3 is 2.83 bits per heavy atom. The second-order valence-electron chi connectivity index (χ2n) is 4.64. The lowest BCUT2D eigenvalue weighted by Crippen LogP contribution is -2.11. The van der Waals surface area contributed by atoms with Crippen molar-refractivity contribution in [3.05, 3.63) is 64.0 Å². The van der Waals surface area contributed by atoms with Gasteiger partial charge in [-0.3, -0.25) is 10.1 Å². The monoisotopic (exact) mass is 358 g/mol. The van der Waals surface area contributed by atoms with Crippen molar-refractivity contribution in [2.45, 2.75) is 0 Å². The molecular weight excluding hydrogens is 351 g/mol. The lowest BCUT2D eigenvalue weighted by molar-refractivity contribution is 0.102. The van der Waals surface area contributed by atoms with E-state index in [9.17, 15) is 14.4 Å². The van der Waals surface area contributed by atoms with Crippen molar-refractivity contribution >= 4 is 34.0 Å². The summed E-state index contributed by atoms with van der Waals surface area (Å²) in [5.74, 6) is -0.856. The number of benzene rings is 1. The number of nitriles is 1. The minimum Gasteiger partial charge on any atom is -0.298 e. The normalized spacial score (nSPS) is 10.2. The van der Waals surface area contributed by atoms with Gasteiger partial charge in [-0.05, 0) is 24.3 Å². The third kappa shape index (κ3) is 3.40. The van der Waals surface area contributed by atoms with Crippen LogP contribution in [0.25, 0.3) is 11.3 Å². The molecule has 1 N–H and O–H groups in total. The SMILES string of the molecule is N#Cc1sc(NC(=O)c2ccc(Cl)nc2)nc1-c1cccc(F)c1. The summed E-state index contributed by atoms with van der Waals surface area (Å²) < 4.78 is 13.4. The molecule has 0 fully saturated rings. The van der Waals surface area contributed by atoms with Crippen molar-refractivity contribution < 1.29 is 9.18 Å². The van der Waals surface area contributed by atoms with E-state index in [1.165, 1.54) is 36.5 Å². The van der Waals surface area contributed by atoms with Crippen molar-refractivity contribution in [1.29, 1.82) is 5.26 Å². The highest BCUT2D eigenvalue weighted by Crippen LogP contribution is 2.31. The second kappa shape index (κ2) is 6.74. The molecule has 0 aliphatic heterocycles. The Morgan fingerprint density at radius 2 is 2.17 bits per heavy atom. The summed E-state index contributed by atoms with van der Waals surface area (Å²) in [5.41, 5.74) is 1.10. The quantitative estimate of drug-likeness (QED) is 0.714. The average Bonchev–Trinajstić information content (AvgIpc) is 2.98. The van der Waals surface area contributed by atoms with E-state index in [-0.39, 0.29) is 15.2 Å². The molecule has 3 rings (SSSR count). The minimum absolute atomic E-state index is 0.241. The van der Waals surface area contributed by atoms with Crippen molar-refractivity contribution in [3.63, 3.8) is 0 Å². The molecule has 1 aromatic carbocycles. The number of anilines is 1. The zero-order chi connectivity index (χ0) is 17.1. The fourth-order valence-electron chi connectivity index (χ4n) is 1.96. The van der Waals surface area contributed by atoms with E-state index in [0.717, 1.165) is 11.3 Å². The van der Waals surface area contributed by atoms with Crippen LogP contribution in [0.3, 0.4) is 0 Å². The maximum absolute atomic E-state index is 13.4. The number of nitrogens with zero attached hydrogens (tertiary/aromatic N) is 3. The Morgan fingerprint density at radius 1 is 1.33 bits per heavy atom. The third-order valence-corrected chi connectivity index (χ3v) is 4.14. The van der Waals surface area contributed by atoms with Gasteiger partial charge in [0.25, 0.3) is 5.91 Å². The van der Waals surface area contributed by atoms with Gasteiger partial charge in [-0.2, -0.15) is 5.26 Å². The zero-order valence-corrected chi connectivity index (χ0v) is 13.5. The number of carbonyl (C=O) groups excluding carboxylic acids is 1. The third-order valence-electron chi connectivity index (χ3n) is 3.04. The van der Waals surface area contributed by atoms with Crippen LogP contribution in [0.5, 0.6) is 0 Å². The average molecular weight is 359 g/mol. The van der Waals surface area contributed by atoms with Gasteiger partial charge in [0.05, 0.1) is 5.56 Å². The number of amides is 1. The number of pyridine rings is 1. The summed E-state index contributed by atoms with van der Waals surface area (Å²) in [4.78, 5) is 20.5. The van der Waals surface area contributed by atoms with Crippen molar-refractivity contribution in [3.8, 4) is 17.3 Å². The zero-order valence-electron chi connectivity index (χ0n) is 12.0. The predicted molar refractivity (Wildman–Crippen MR) is 89.4 cm³/mol. The Hall–Kier alpha value is -2.82. The first kappa shape index (κ1) is 16.1. The lowest BCUT2D eigenvalue weighted by atomic mass is 10.1. The van der Waals surface area contributed by atoms with E-state index in [4.69, 9.17) is 11.6 Å². The van der Waals surface area contributed by atoms with Crippen LogP contribution in [0.2, 0.25) is 5.15 Å². The summed E-state index contributed by atoms with van der Waals surface area (Å²) in [5, 5.41) is 12.4. The lowest BCUT2D eigenvalue weighted by Gasteiger charge is -2.01. The highest BCUT2D eigenvalue weighted by Gasteiger charge is 2.16. The summed E-state index contributed by atoms with van der Waals surface area (Å²) in [7, 11) is 0. The summed E-state index contributed by atoms with van der Waals surface area (Å²) in [6.07, 6.45) is 1.34. The van der Waals surface area contributed by atoms with Crippen LogP contribution in [0.15, 0.2) is 42.6 Å². The smallest absolute Gasteiger partial charge is 0.259 e. The van der Waals surface area contributed by atoms with Crippen LogP contribution in [0.1, 0.15) is 15.2 Å². The molecule has 0 aliphatic rings. The van der Waals surface area contributed by atoms with Crippen LogP contribution in [-0.4, -0.2) is 15.9 Å². The van der Waals surface area contributed by atoms with Crippen LogP contribution in [-0.2, 0) is 0 Å². The van der Waals surface area contributed by atoms with Gasteiger partial charge in [0.15, 0.2) is 5.13 Å². The van der Waals surface area contributed by atoms with Gasteiger partial charge in [0.1, 0.15) is 27.6 Å². The topological polar surface area (TPSA) is 78.7 Å².